The quantitative estimate of drug-likeness (QED) is 0.897. The third kappa shape index (κ3) is 3.50. The van der Waals surface area contributed by atoms with Gasteiger partial charge in [-0.25, -0.2) is 4.79 Å². The molecule has 25 heavy (non-hydrogen) atoms. The molecule has 6 heteroatoms. The Morgan fingerprint density at radius 1 is 1.08 bits per heavy atom. The largest absolute Gasteiger partial charge is 0.381 e. The van der Waals surface area contributed by atoms with Crippen molar-refractivity contribution in [2.75, 3.05) is 32.8 Å². The molecular formula is C19H26ClN3O2. The fourth-order valence-corrected chi connectivity index (χ4v) is 4.61. The number of piperidine rings is 1. The Morgan fingerprint density at radius 2 is 1.84 bits per heavy atom. The number of benzene rings is 1. The molecule has 0 spiro atoms. The molecule has 3 fully saturated rings. The van der Waals surface area contributed by atoms with E-state index in [1.54, 1.807) is 0 Å². The number of amides is 2. The smallest absolute Gasteiger partial charge is 0.321 e. The number of carbonyl (C=O) groups is 1. The second kappa shape index (κ2) is 7.52. The van der Waals surface area contributed by atoms with Gasteiger partial charge in [-0.2, -0.15) is 0 Å². The van der Waals surface area contributed by atoms with E-state index >= 15 is 0 Å². The Morgan fingerprint density at radius 3 is 2.56 bits per heavy atom. The number of hydrogen-bond acceptors (Lipinski definition) is 3. The summed E-state index contributed by atoms with van der Waals surface area (Å²) in [7, 11) is 0. The van der Waals surface area contributed by atoms with E-state index in [2.05, 4.69) is 21.2 Å². The summed E-state index contributed by atoms with van der Waals surface area (Å²) >= 11 is 6.23. The maximum absolute atomic E-state index is 13.3. The molecule has 2 amide bonds. The number of rotatable bonds is 3. The van der Waals surface area contributed by atoms with E-state index in [-0.39, 0.29) is 12.1 Å². The van der Waals surface area contributed by atoms with Crippen molar-refractivity contribution in [1.82, 2.24) is 15.1 Å². The van der Waals surface area contributed by atoms with Crippen LogP contribution in [0.25, 0.3) is 0 Å². The average Bonchev–Trinajstić information content (AvgIpc) is 3.00. The lowest BCUT2D eigenvalue weighted by molar-refractivity contribution is 0.0498. The third-order valence-electron chi connectivity index (χ3n) is 5.74. The van der Waals surface area contributed by atoms with Crippen LogP contribution in [0, 0.1) is 0 Å². The lowest BCUT2D eigenvalue weighted by Crippen LogP contribution is -2.48. The molecule has 1 aromatic rings. The highest BCUT2D eigenvalue weighted by Gasteiger charge is 2.44. The van der Waals surface area contributed by atoms with Gasteiger partial charge in [-0.3, -0.25) is 0 Å². The van der Waals surface area contributed by atoms with Gasteiger partial charge in [-0.1, -0.05) is 23.7 Å². The van der Waals surface area contributed by atoms with Crippen LogP contribution in [0.2, 0.25) is 5.02 Å². The minimum Gasteiger partial charge on any atom is -0.381 e. The summed E-state index contributed by atoms with van der Waals surface area (Å²) in [6.07, 6.45) is 3.91. The van der Waals surface area contributed by atoms with Crippen LogP contribution in [-0.4, -0.2) is 60.8 Å². The van der Waals surface area contributed by atoms with E-state index in [9.17, 15) is 4.79 Å². The number of ether oxygens (including phenoxy) is 1. The standard InChI is InChI=1S/C19H26ClN3O2/c20-15-3-1-2-14(12-15)18-13-22(16-6-10-25-11-7-16)19(24)23(18)17-4-8-21-9-5-17/h1-3,12,16-18,21H,4-11,13H2/t18-/m0/s1. The van der Waals surface area contributed by atoms with Crippen LogP contribution in [0.1, 0.15) is 37.3 Å². The number of urea groups is 1. The van der Waals surface area contributed by atoms with Crippen molar-refractivity contribution in [2.24, 2.45) is 0 Å². The second-order valence-corrected chi connectivity index (χ2v) is 7.67. The maximum atomic E-state index is 13.3. The molecule has 3 aliphatic rings. The van der Waals surface area contributed by atoms with Crippen molar-refractivity contribution in [1.29, 1.82) is 0 Å². The van der Waals surface area contributed by atoms with Crippen LogP contribution in [0.5, 0.6) is 0 Å². The second-order valence-electron chi connectivity index (χ2n) is 7.24. The molecule has 1 atom stereocenters. The zero-order valence-corrected chi connectivity index (χ0v) is 15.3. The van der Waals surface area contributed by atoms with Crippen LogP contribution < -0.4 is 5.32 Å². The molecule has 3 saturated heterocycles. The molecule has 1 N–H and O–H groups in total. The molecule has 136 valence electrons. The highest BCUT2D eigenvalue weighted by atomic mass is 35.5. The number of nitrogens with zero attached hydrogens (tertiary/aromatic N) is 2. The van der Waals surface area contributed by atoms with E-state index < -0.39 is 0 Å². The monoisotopic (exact) mass is 363 g/mol. The van der Waals surface area contributed by atoms with E-state index in [4.69, 9.17) is 16.3 Å². The first-order chi connectivity index (χ1) is 12.2. The number of halogens is 1. The topological polar surface area (TPSA) is 44.8 Å². The van der Waals surface area contributed by atoms with Gasteiger partial charge in [0.15, 0.2) is 0 Å². The fourth-order valence-electron chi connectivity index (χ4n) is 4.41. The number of hydrogen-bond donors (Lipinski definition) is 1. The highest BCUT2D eigenvalue weighted by molar-refractivity contribution is 6.30. The number of carbonyl (C=O) groups excluding carboxylic acids is 1. The molecule has 0 aromatic heterocycles. The molecule has 3 aliphatic heterocycles. The predicted molar refractivity (Wildman–Crippen MR) is 97.9 cm³/mol. The summed E-state index contributed by atoms with van der Waals surface area (Å²) in [5.41, 5.74) is 1.15. The Kier molecular flexibility index (Phi) is 5.15. The van der Waals surface area contributed by atoms with Crippen LogP contribution in [-0.2, 0) is 4.74 Å². The van der Waals surface area contributed by atoms with Crippen molar-refractivity contribution in [3.05, 3.63) is 34.9 Å². The van der Waals surface area contributed by atoms with Crippen molar-refractivity contribution in [3.8, 4) is 0 Å². The van der Waals surface area contributed by atoms with Gasteiger partial charge in [0.25, 0.3) is 0 Å². The first-order valence-electron chi connectivity index (χ1n) is 9.37. The molecule has 0 radical (unpaired) electrons. The molecule has 0 unspecified atom stereocenters. The van der Waals surface area contributed by atoms with Crippen molar-refractivity contribution < 1.29 is 9.53 Å². The van der Waals surface area contributed by atoms with E-state index in [1.807, 2.05) is 18.2 Å². The van der Waals surface area contributed by atoms with E-state index in [0.717, 1.165) is 69.1 Å². The maximum Gasteiger partial charge on any atom is 0.321 e. The Labute approximate surface area is 154 Å². The first-order valence-corrected chi connectivity index (χ1v) is 9.74. The van der Waals surface area contributed by atoms with Crippen molar-refractivity contribution >= 4 is 17.6 Å². The summed E-state index contributed by atoms with van der Waals surface area (Å²) in [6, 6.07) is 8.90. The summed E-state index contributed by atoms with van der Waals surface area (Å²) in [4.78, 5) is 17.6. The van der Waals surface area contributed by atoms with Crippen LogP contribution in [0.3, 0.4) is 0 Å². The van der Waals surface area contributed by atoms with Crippen molar-refractivity contribution in [3.63, 3.8) is 0 Å². The Hall–Kier alpha value is -1.30. The normalized spacial score (nSPS) is 26.4. The lowest BCUT2D eigenvalue weighted by atomic mass is 10.00. The van der Waals surface area contributed by atoms with Crippen LogP contribution in [0.4, 0.5) is 4.79 Å². The van der Waals surface area contributed by atoms with Crippen LogP contribution >= 0.6 is 11.6 Å². The lowest BCUT2D eigenvalue weighted by Gasteiger charge is -2.36. The van der Waals surface area contributed by atoms with Gasteiger partial charge in [-0.15, -0.1) is 0 Å². The minimum absolute atomic E-state index is 0.0946. The highest BCUT2D eigenvalue weighted by Crippen LogP contribution is 2.37. The molecule has 3 heterocycles. The van der Waals surface area contributed by atoms with E-state index in [1.165, 1.54) is 0 Å². The molecule has 0 bridgehead atoms. The van der Waals surface area contributed by atoms with Gasteiger partial charge in [0.2, 0.25) is 0 Å². The van der Waals surface area contributed by atoms with Crippen molar-refractivity contribution in [2.45, 2.75) is 43.8 Å². The minimum atomic E-state index is 0.0946. The molecule has 1 aromatic carbocycles. The van der Waals surface area contributed by atoms with Gasteiger partial charge in [0.1, 0.15) is 0 Å². The summed E-state index contributed by atoms with van der Waals surface area (Å²) < 4.78 is 5.49. The summed E-state index contributed by atoms with van der Waals surface area (Å²) in [5, 5.41) is 4.14. The summed E-state index contributed by atoms with van der Waals surface area (Å²) in [5.74, 6) is 0. The molecule has 0 saturated carbocycles. The molecule has 5 nitrogen and oxygen atoms in total. The molecular weight excluding hydrogens is 338 g/mol. The summed E-state index contributed by atoms with van der Waals surface area (Å²) in [6.45, 7) is 4.23. The number of nitrogens with one attached hydrogen (secondary N) is 1. The van der Waals surface area contributed by atoms with Gasteiger partial charge in [0.05, 0.1) is 6.04 Å². The Bertz CT molecular complexity index is 614. The molecule has 4 rings (SSSR count). The van der Waals surface area contributed by atoms with Gasteiger partial charge < -0.3 is 19.9 Å². The zero-order chi connectivity index (χ0) is 17.2. The average molecular weight is 364 g/mol. The Balaban J connectivity index is 1.62. The van der Waals surface area contributed by atoms with E-state index in [0.29, 0.717) is 12.1 Å². The molecule has 0 aliphatic carbocycles. The predicted octanol–water partition coefficient (Wildman–Crippen LogP) is 3.05. The SMILES string of the molecule is O=C1N(C2CCOCC2)C[C@@H](c2cccc(Cl)c2)N1C1CCNCC1. The first kappa shape index (κ1) is 17.1. The fraction of sp³-hybridized carbons (Fsp3) is 0.632. The third-order valence-corrected chi connectivity index (χ3v) is 5.97. The van der Waals surface area contributed by atoms with Crippen LogP contribution in [0.15, 0.2) is 24.3 Å². The van der Waals surface area contributed by atoms with Gasteiger partial charge in [-0.05, 0) is 56.5 Å². The van der Waals surface area contributed by atoms with Gasteiger partial charge >= 0.3 is 6.03 Å². The van der Waals surface area contributed by atoms with Gasteiger partial charge in [0, 0.05) is 36.9 Å². The zero-order valence-electron chi connectivity index (χ0n) is 14.5.